The van der Waals surface area contributed by atoms with Crippen molar-refractivity contribution in [3.8, 4) is 0 Å². The van der Waals surface area contributed by atoms with Gasteiger partial charge in [0.1, 0.15) is 11.6 Å². The van der Waals surface area contributed by atoms with Gasteiger partial charge in [0.15, 0.2) is 0 Å². The number of anilines is 1. The summed E-state index contributed by atoms with van der Waals surface area (Å²) in [5.74, 6) is -0.282. The number of likely N-dealkylation sites (tertiary alicyclic amines) is 1. The summed E-state index contributed by atoms with van der Waals surface area (Å²) in [5.41, 5.74) is 3.38. The molecule has 2 saturated heterocycles. The average molecular weight is 665 g/mol. The molecule has 5 rings (SSSR count). The first-order valence-corrected chi connectivity index (χ1v) is 18.0. The van der Waals surface area contributed by atoms with Gasteiger partial charge in [0.05, 0.1) is 24.1 Å². The Morgan fingerprint density at radius 1 is 1.09 bits per heavy atom. The van der Waals surface area contributed by atoms with E-state index in [1.54, 1.807) is 17.0 Å². The average Bonchev–Trinajstić information content (AvgIpc) is 3.33. The Morgan fingerprint density at radius 2 is 1.73 bits per heavy atom. The van der Waals surface area contributed by atoms with Crippen LogP contribution in [0.3, 0.4) is 0 Å². The van der Waals surface area contributed by atoms with Crippen LogP contribution in [0.4, 0.5) is 5.69 Å². The second kappa shape index (κ2) is 14.4. The quantitative estimate of drug-likeness (QED) is 0.302. The molecule has 0 radical (unpaired) electrons. The monoisotopic (exact) mass is 664 g/mol. The van der Waals surface area contributed by atoms with Crippen LogP contribution in [0.2, 0.25) is 0 Å². The van der Waals surface area contributed by atoms with E-state index in [9.17, 15) is 23.1 Å². The minimum absolute atomic E-state index is 0. The van der Waals surface area contributed by atoms with E-state index in [1.807, 2.05) is 26.0 Å². The molecule has 2 aromatic rings. The highest BCUT2D eigenvalue weighted by atomic mass is 35.5. The van der Waals surface area contributed by atoms with E-state index in [0.29, 0.717) is 38.2 Å². The molecule has 3 fully saturated rings. The fourth-order valence-electron chi connectivity index (χ4n) is 7.58. The van der Waals surface area contributed by atoms with Gasteiger partial charge in [-0.3, -0.25) is 24.3 Å². The normalized spacial score (nSPS) is 22.5. The van der Waals surface area contributed by atoms with Crippen molar-refractivity contribution >= 4 is 39.9 Å². The van der Waals surface area contributed by atoms with Gasteiger partial charge in [-0.25, -0.2) is 8.42 Å². The summed E-state index contributed by atoms with van der Waals surface area (Å²) in [7, 11) is -3.40. The van der Waals surface area contributed by atoms with Gasteiger partial charge in [-0.1, -0.05) is 44.7 Å². The molecule has 250 valence electrons. The number of nitrogens with one attached hydrogen (secondary N) is 3. The summed E-state index contributed by atoms with van der Waals surface area (Å²) >= 11 is 0. The largest absolute Gasteiger partial charge is 0.390 e. The van der Waals surface area contributed by atoms with Gasteiger partial charge in [0.25, 0.3) is 0 Å². The van der Waals surface area contributed by atoms with E-state index in [0.717, 1.165) is 73.7 Å². The Morgan fingerprint density at radius 3 is 2.29 bits per heavy atom. The van der Waals surface area contributed by atoms with Gasteiger partial charge >= 0.3 is 0 Å². The highest BCUT2D eigenvalue weighted by molar-refractivity contribution is 7.92. The third kappa shape index (κ3) is 7.34. The molecule has 11 nitrogen and oxygen atoms in total. The number of aromatic amines is 1. The molecule has 1 aromatic carbocycles. The van der Waals surface area contributed by atoms with Crippen LogP contribution in [-0.4, -0.2) is 88.9 Å². The summed E-state index contributed by atoms with van der Waals surface area (Å²) in [6.45, 7) is 7.66. The summed E-state index contributed by atoms with van der Waals surface area (Å²) in [5, 5.41) is 21.8. The number of piperazine rings is 1. The number of piperidine rings is 1. The number of hydrogen-bond donors (Lipinski definition) is 4. The molecule has 13 heteroatoms. The molecule has 2 aliphatic heterocycles. The molecule has 2 amide bonds. The molecular weight excluding hydrogens is 616 g/mol. The lowest BCUT2D eigenvalue weighted by Gasteiger charge is -2.53. The summed E-state index contributed by atoms with van der Waals surface area (Å²) in [4.78, 5) is 32.2. The van der Waals surface area contributed by atoms with Crippen LogP contribution < -0.4 is 10.0 Å². The molecule has 1 saturated carbocycles. The third-order valence-electron chi connectivity index (χ3n) is 9.95. The van der Waals surface area contributed by atoms with E-state index < -0.39 is 27.7 Å². The minimum Gasteiger partial charge on any atom is -0.390 e. The van der Waals surface area contributed by atoms with Gasteiger partial charge in [0.2, 0.25) is 21.8 Å². The molecule has 4 N–H and O–H groups in total. The van der Waals surface area contributed by atoms with Crippen LogP contribution in [-0.2, 0) is 19.6 Å². The molecule has 1 spiro atoms. The van der Waals surface area contributed by atoms with Crippen molar-refractivity contribution in [1.82, 2.24) is 25.3 Å². The van der Waals surface area contributed by atoms with Crippen LogP contribution in [0.1, 0.15) is 93.3 Å². The minimum atomic E-state index is -3.40. The number of unbranched alkanes of at least 4 members (excludes halogenated alkanes) is 1. The number of carbonyl (C=O) groups excluding carboxylic acids is 2. The summed E-state index contributed by atoms with van der Waals surface area (Å²) < 4.78 is 26.1. The lowest BCUT2D eigenvalue weighted by atomic mass is 9.77. The van der Waals surface area contributed by atoms with Crippen LogP contribution in [0.15, 0.2) is 24.3 Å². The van der Waals surface area contributed by atoms with Crippen LogP contribution in [0, 0.1) is 19.8 Å². The first kappa shape index (κ1) is 35.2. The number of sulfonamides is 1. The summed E-state index contributed by atoms with van der Waals surface area (Å²) in [6.07, 6.45) is 7.90. The second-order valence-corrected chi connectivity index (χ2v) is 14.7. The van der Waals surface area contributed by atoms with E-state index in [2.05, 4.69) is 32.1 Å². The van der Waals surface area contributed by atoms with Crippen molar-refractivity contribution in [3.05, 3.63) is 46.8 Å². The number of benzene rings is 1. The van der Waals surface area contributed by atoms with Gasteiger partial charge in [-0.2, -0.15) is 5.10 Å². The van der Waals surface area contributed by atoms with E-state index in [4.69, 9.17) is 0 Å². The SMILES string of the molecule is CCCCN1C(=O)[C@@H]([C@H](O)C2CCCCC2)NC(=O)C12CCN(C(c1ccc(NS(C)(=O)=O)cc1)c1c(C)n[nH]c1C)CC2.Cl. The number of aromatic nitrogens is 2. The predicted molar refractivity (Wildman–Crippen MR) is 177 cm³/mol. The topological polar surface area (TPSA) is 148 Å². The molecule has 1 unspecified atom stereocenters. The Balaban J connectivity index is 0.00000461. The van der Waals surface area contributed by atoms with Crippen LogP contribution >= 0.6 is 12.4 Å². The Hall–Kier alpha value is -2.67. The number of amides is 2. The summed E-state index contributed by atoms with van der Waals surface area (Å²) in [6, 6.07) is 6.31. The lowest BCUT2D eigenvalue weighted by molar-refractivity contribution is -0.166. The number of hydrogen-bond acceptors (Lipinski definition) is 7. The molecule has 45 heavy (non-hydrogen) atoms. The lowest BCUT2D eigenvalue weighted by Crippen LogP contribution is -2.75. The number of aryl methyl sites for hydroxylation is 2. The number of aliphatic hydroxyl groups excluding tert-OH is 1. The first-order chi connectivity index (χ1) is 20.9. The number of H-pyrrole nitrogens is 1. The van der Waals surface area contributed by atoms with Crippen LogP contribution in [0.5, 0.6) is 0 Å². The predicted octanol–water partition coefficient (Wildman–Crippen LogP) is 3.81. The number of nitrogens with zero attached hydrogens (tertiary/aromatic N) is 3. The Labute approximate surface area is 273 Å². The molecule has 3 aliphatic rings. The fraction of sp³-hybridized carbons (Fsp3) is 0.656. The maximum absolute atomic E-state index is 14.1. The van der Waals surface area contributed by atoms with Crippen molar-refractivity contribution in [1.29, 1.82) is 0 Å². The molecular formula is C32H49ClN6O5S. The Kier molecular flexibility index (Phi) is 11.3. The first-order valence-electron chi connectivity index (χ1n) is 16.1. The molecule has 1 aliphatic carbocycles. The zero-order valence-electron chi connectivity index (χ0n) is 26.8. The van der Waals surface area contributed by atoms with Crippen molar-refractivity contribution in [2.75, 3.05) is 30.6 Å². The molecule has 3 heterocycles. The molecule has 1 aromatic heterocycles. The maximum atomic E-state index is 14.1. The Bertz CT molecular complexity index is 1410. The number of carbonyl (C=O) groups is 2. The van der Waals surface area contributed by atoms with Crippen molar-refractivity contribution in [2.24, 2.45) is 5.92 Å². The standard InChI is InChI=1S/C32H48N6O5S.ClH/c1-5-6-18-38-30(40)27(29(39)24-10-8-7-9-11-24)33-31(41)32(38)16-19-37(20-17-32)28(26-21(2)34-35-22(26)3)23-12-14-25(15-13-23)36-44(4,42)43;/h12-15,24,27-29,36,39H,5-11,16-20H2,1-4H3,(H,33,41)(H,34,35);1H/t27-,28?,29-;/m1./s1. The number of aliphatic hydroxyl groups is 1. The van der Waals surface area contributed by atoms with Crippen molar-refractivity contribution in [3.63, 3.8) is 0 Å². The zero-order valence-corrected chi connectivity index (χ0v) is 28.5. The molecule has 3 atom stereocenters. The van der Waals surface area contributed by atoms with E-state index in [-0.39, 0.29) is 36.2 Å². The number of halogens is 1. The highest BCUT2D eigenvalue weighted by Gasteiger charge is 2.55. The van der Waals surface area contributed by atoms with E-state index >= 15 is 0 Å². The van der Waals surface area contributed by atoms with Gasteiger partial charge in [0, 0.05) is 36.6 Å². The van der Waals surface area contributed by atoms with Crippen molar-refractivity contribution < 1.29 is 23.1 Å². The number of rotatable bonds is 10. The molecule has 0 bridgehead atoms. The van der Waals surface area contributed by atoms with Crippen molar-refractivity contribution in [2.45, 2.75) is 102 Å². The smallest absolute Gasteiger partial charge is 0.248 e. The highest BCUT2D eigenvalue weighted by Crippen LogP contribution is 2.41. The second-order valence-electron chi connectivity index (χ2n) is 13.0. The maximum Gasteiger partial charge on any atom is 0.248 e. The third-order valence-corrected chi connectivity index (χ3v) is 10.6. The fourth-order valence-corrected chi connectivity index (χ4v) is 8.14. The van der Waals surface area contributed by atoms with E-state index in [1.165, 1.54) is 0 Å². The van der Waals surface area contributed by atoms with Crippen LogP contribution in [0.25, 0.3) is 0 Å². The van der Waals surface area contributed by atoms with Gasteiger partial charge in [-0.15, -0.1) is 12.4 Å². The zero-order chi connectivity index (χ0) is 31.6. The van der Waals surface area contributed by atoms with Gasteiger partial charge < -0.3 is 15.3 Å². The van der Waals surface area contributed by atoms with Gasteiger partial charge in [-0.05, 0) is 69.6 Å².